The summed E-state index contributed by atoms with van der Waals surface area (Å²) in [7, 11) is 0. The number of hydrogen-bond donors (Lipinski definition) is 1. The monoisotopic (exact) mass is 226 g/mol. The fourth-order valence-electron chi connectivity index (χ4n) is 0.761. The molecule has 0 saturated heterocycles. The van der Waals surface area contributed by atoms with Gasteiger partial charge in [-0.1, -0.05) is 15.9 Å². The van der Waals surface area contributed by atoms with Crippen molar-refractivity contribution in [1.82, 2.24) is 0 Å². The van der Waals surface area contributed by atoms with Gasteiger partial charge in [0.05, 0.1) is 5.69 Å². The third-order valence-corrected chi connectivity index (χ3v) is 1.76. The van der Waals surface area contributed by atoms with Crippen LogP contribution in [0.4, 0.5) is 5.69 Å². The van der Waals surface area contributed by atoms with E-state index < -0.39 is 0 Å². The zero-order chi connectivity index (χ0) is 8.97. The van der Waals surface area contributed by atoms with Crippen molar-refractivity contribution in [2.45, 2.75) is 0 Å². The smallest absolute Gasteiger partial charge is 0.174 e. The second kappa shape index (κ2) is 3.98. The van der Waals surface area contributed by atoms with Gasteiger partial charge in [-0.2, -0.15) is 5.26 Å². The van der Waals surface area contributed by atoms with Gasteiger partial charge in [-0.3, -0.25) is 0 Å². The molecular formula is C8H7BrN2O. The first kappa shape index (κ1) is 8.88. The van der Waals surface area contributed by atoms with Gasteiger partial charge in [-0.05, 0) is 18.2 Å². The molecule has 0 spiro atoms. The molecule has 0 heterocycles. The maximum atomic E-state index is 8.25. The molecule has 0 saturated carbocycles. The minimum atomic E-state index is 0.0197. The van der Waals surface area contributed by atoms with Gasteiger partial charge in [-0.15, -0.1) is 0 Å². The molecule has 1 aromatic carbocycles. The minimum Gasteiger partial charge on any atom is -0.477 e. The van der Waals surface area contributed by atoms with Crippen LogP contribution in [0.1, 0.15) is 0 Å². The Morgan fingerprint density at radius 3 is 2.92 bits per heavy atom. The van der Waals surface area contributed by atoms with Gasteiger partial charge in [0, 0.05) is 4.47 Å². The number of nitrogen functional groups attached to an aromatic ring is 1. The fraction of sp³-hybridized carbons (Fsp3) is 0.125. The van der Waals surface area contributed by atoms with E-state index in [-0.39, 0.29) is 6.61 Å². The number of anilines is 1. The van der Waals surface area contributed by atoms with Crippen molar-refractivity contribution in [3.8, 4) is 11.8 Å². The zero-order valence-corrected chi connectivity index (χ0v) is 7.84. The summed E-state index contributed by atoms with van der Waals surface area (Å²) in [6.07, 6.45) is 0. The fourth-order valence-corrected chi connectivity index (χ4v) is 1.14. The predicted octanol–water partition coefficient (Wildman–Crippen LogP) is 1.93. The molecule has 0 aromatic heterocycles. The minimum absolute atomic E-state index is 0.0197. The van der Waals surface area contributed by atoms with Gasteiger partial charge in [0.2, 0.25) is 0 Å². The Morgan fingerprint density at radius 2 is 2.33 bits per heavy atom. The van der Waals surface area contributed by atoms with Crippen molar-refractivity contribution in [3.63, 3.8) is 0 Å². The number of nitriles is 1. The topological polar surface area (TPSA) is 59.0 Å². The second-order valence-electron chi connectivity index (χ2n) is 2.13. The highest BCUT2D eigenvalue weighted by atomic mass is 79.9. The van der Waals surface area contributed by atoms with E-state index in [2.05, 4.69) is 15.9 Å². The van der Waals surface area contributed by atoms with E-state index in [1.54, 1.807) is 12.1 Å². The van der Waals surface area contributed by atoms with Crippen LogP contribution in [-0.2, 0) is 0 Å². The Labute approximate surface area is 78.9 Å². The summed E-state index contributed by atoms with van der Waals surface area (Å²) in [4.78, 5) is 0. The van der Waals surface area contributed by atoms with Crippen LogP contribution in [0.15, 0.2) is 22.7 Å². The van der Waals surface area contributed by atoms with Gasteiger partial charge >= 0.3 is 0 Å². The number of benzene rings is 1. The molecule has 0 aliphatic heterocycles. The highest BCUT2D eigenvalue weighted by Gasteiger charge is 1.99. The maximum absolute atomic E-state index is 8.25. The highest BCUT2D eigenvalue weighted by Crippen LogP contribution is 2.24. The first-order valence-corrected chi connectivity index (χ1v) is 4.08. The van der Waals surface area contributed by atoms with Gasteiger partial charge in [0.1, 0.15) is 11.8 Å². The molecule has 62 valence electrons. The molecule has 0 atom stereocenters. The summed E-state index contributed by atoms with van der Waals surface area (Å²) in [6.45, 7) is 0.0197. The molecule has 12 heavy (non-hydrogen) atoms. The summed E-state index contributed by atoms with van der Waals surface area (Å²) in [5.74, 6) is 0.541. The molecule has 2 N–H and O–H groups in total. The van der Waals surface area contributed by atoms with Crippen LogP contribution in [0.2, 0.25) is 0 Å². The number of nitrogens with zero attached hydrogens (tertiary/aromatic N) is 1. The van der Waals surface area contributed by atoms with Crippen LogP contribution in [0.3, 0.4) is 0 Å². The molecule has 0 fully saturated rings. The molecule has 0 bridgehead atoms. The average molecular weight is 227 g/mol. The Balaban J connectivity index is 2.81. The van der Waals surface area contributed by atoms with Crippen LogP contribution in [0.25, 0.3) is 0 Å². The summed E-state index contributed by atoms with van der Waals surface area (Å²) in [6, 6.07) is 7.12. The first-order valence-electron chi connectivity index (χ1n) is 3.29. The lowest BCUT2D eigenvalue weighted by molar-refractivity contribution is 0.370. The Kier molecular flexibility index (Phi) is 2.94. The van der Waals surface area contributed by atoms with Crippen molar-refractivity contribution in [2.75, 3.05) is 12.3 Å². The number of ether oxygens (including phenoxy) is 1. The largest absolute Gasteiger partial charge is 0.477 e. The molecule has 0 aliphatic carbocycles. The third-order valence-electron chi connectivity index (χ3n) is 1.26. The van der Waals surface area contributed by atoms with Crippen molar-refractivity contribution < 1.29 is 4.74 Å². The van der Waals surface area contributed by atoms with E-state index in [4.69, 9.17) is 15.7 Å². The number of rotatable bonds is 2. The van der Waals surface area contributed by atoms with Gasteiger partial charge < -0.3 is 10.5 Å². The molecule has 0 amide bonds. The van der Waals surface area contributed by atoms with E-state index in [0.717, 1.165) is 4.47 Å². The van der Waals surface area contributed by atoms with Crippen molar-refractivity contribution in [2.24, 2.45) is 0 Å². The van der Waals surface area contributed by atoms with Crippen LogP contribution in [0, 0.1) is 11.3 Å². The van der Waals surface area contributed by atoms with Crippen molar-refractivity contribution in [3.05, 3.63) is 22.7 Å². The second-order valence-corrected chi connectivity index (χ2v) is 3.04. The summed E-state index contributed by atoms with van der Waals surface area (Å²) in [5, 5.41) is 8.25. The Morgan fingerprint density at radius 1 is 1.58 bits per heavy atom. The molecule has 3 nitrogen and oxygen atoms in total. The van der Waals surface area contributed by atoms with Crippen LogP contribution in [0.5, 0.6) is 5.75 Å². The maximum Gasteiger partial charge on any atom is 0.174 e. The summed E-state index contributed by atoms with van der Waals surface area (Å²) in [5.41, 5.74) is 6.13. The SMILES string of the molecule is N#CCOc1ccc(Br)cc1N. The van der Waals surface area contributed by atoms with E-state index in [0.29, 0.717) is 11.4 Å². The lowest BCUT2D eigenvalue weighted by Gasteiger charge is -2.04. The van der Waals surface area contributed by atoms with E-state index >= 15 is 0 Å². The highest BCUT2D eigenvalue weighted by molar-refractivity contribution is 9.10. The summed E-state index contributed by atoms with van der Waals surface area (Å²) >= 11 is 3.26. The van der Waals surface area contributed by atoms with E-state index in [9.17, 15) is 0 Å². The van der Waals surface area contributed by atoms with Gasteiger partial charge in [0.25, 0.3) is 0 Å². The molecule has 1 rings (SSSR count). The quantitative estimate of drug-likeness (QED) is 0.785. The molecule has 0 unspecified atom stereocenters. The van der Waals surface area contributed by atoms with Crippen LogP contribution < -0.4 is 10.5 Å². The molecular weight excluding hydrogens is 220 g/mol. The van der Waals surface area contributed by atoms with Crippen LogP contribution >= 0.6 is 15.9 Å². The summed E-state index contributed by atoms with van der Waals surface area (Å²) < 4.78 is 5.93. The zero-order valence-electron chi connectivity index (χ0n) is 6.25. The molecule has 4 heteroatoms. The Bertz CT molecular complexity index is 319. The standard InChI is InChI=1S/C8H7BrN2O/c9-6-1-2-8(7(11)5-6)12-4-3-10/h1-2,5H,4,11H2. The molecule has 1 aromatic rings. The Hall–Kier alpha value is -1.21. The molecule has 0 aliphatic rings. The molecule has 0 radical (unpaired) electrons. The lowest BCUT2D eigenvalue weighted by Crippen LogP contribution is -1.97. The average Bonchev–Trinajstić information content (AvgIpc) is 2.03. The number of hydrogen-bond acceptors (Lipinski definition) is 3. The number of nitrogens with two attached hydrogens (primary N) is 1. The predicted molar refractivity (Wildman–Crippen MR) is 49.7 cm³/mol. The van der Waals surface area contributed by atoms with Crippen LogP contribution in [-0.4, -0.2) is 6.61 Å². The van der Waals surface area contributed by atoms with Crippen molar-refractivity contribution >= 4 is 21.6 Å². The van der Waals surface area contributed by atoms with E-state index in [1.165, 1.54) is 0 Å². The van der Waals surface area contributed by atoms with Crippen molar-refractivity contribution in [1.29, 1.82) is 5.26 Å². The van der Waals surface area contributed by atoms with Gasteiger partial charge in [0.15, 0.2) is 6.61 Å². The van der Waals surface area contributed by atoms with E-state index in [1.807, 2.05) is 12.1 Å². The number of halogens is 1. The normalized spacial score (nSPS) is 9.00. The van der Waals surface area contributed by atoms with Gasteiger partial charge in [-0.25, -0.2) is 0 Å². The lowest BCUT2D eigenvalue weighted by atomic mass is 10.3. The first-order chi connectivity index (χ1) is 5.74. The third kappa shape index (κ3) is 2.14.